The molecule has 1 aliphatic heterocycles. The van der Waals surface area contributed by atoms with Crippen LogP contribution in [0.4, 0.5) is 4.39 Å². The predicted octanol–water partition coefficient (Wildman–Crippen LogP) is 1.02. The molecule has 2 rings (SSSR count). The number of imide groups is 1. The maximum Gasteiger partial charge on any atom is 0.252 e. The van der Waals surface area contributed by atoms with E-state index in [0.29, 0.717) is 6.42 Å². The van der Waals surface area contributed by atoms with Gasteiger partial charge in [-0.05, 0) is 38.0 Å². The van der Waals surface area contributed by atoms with Gasteiger partial charge in [0.05, 0.1) is 0 Å². The van der Waals surface area contributed by atoms with E-state index in [1.165, 1.54) is 17.0 Å². The topological polar surface area (TPSA) is 66.5 Å². The van der Waals surface area contributed by atoms with Crippen molar-refractivity contribution in [1.29, 1.82) is 0 Å². The third-order valence-corrected chi connectivity index (χ3v) is 3.63. The Hall–Kier alpha value is -2.24. The molecule has 5 nitrogen and oxygen atoms in total. The molecular weight excluding hydrogens is 275 g/mol. The van der Waals surface area contributed by atoms with Crippen molar-refractivity contribution in [1.82, 2.24) is 10.2 Å². The summed E-state index contributed by atoms with van der Waals surface area (Å²) in [7, 11) is 0. The van der Waals surface area contributed by atoms with Gasteiger partial charge in [-0.1, -0.05) is 12.1 Å². The van der Waals surface area contributed by atoms with E-state index in [4.69, 9.17) is 0 Å². The largest absolute Gasteiger partial charge is 0.319 e. The van der Waals surface area contributed by atoms with Crippen molar-refractivity contribution in [2.24, 2.45) is 0 Å². The molecule has 0 aromatic heterocycles. The number of amides is 3. The number of aryl methyl sites for hydroxylation is 1. The van der Waals surface area contributed by atoms with Crippen LogP contribution in [0.3, 0.4) is 0 Å². The Morgan fingerprint density at radius 1 is 1.29 bits per heavy atom. The van der Waals surface area contributed by atoms with E-state index in [1.807, 2.05) is 0 Å². The number of hydrogen-bond donors (Lipinski definition) is 1. The predicted molar refractivity (Wildman–Crippen MR) is 73.7 cm³/mol. The summed E-state index contributed by atoms with van der Waals surface area (Å²) in [4.78, 5) is 36.8. The summed E-state index contributed by atoms with van der Waals surface area (Å²) < 4.78 is 12.8. The van der Waals surface area contributed by atoms with E-state index in [0.717, 1.165) is 5.56 Å². The number of halogens is 1. The van der Waals surface area contributed by atoms with Crippen molar-refractivity contribution in [2.75, 3.05) is 6.54 Å². The van der Waals surface area contributed by atoms with Gasteiger partial charge in [0.2, 0.25) is 11.8 Å². The number of carbonyl (C=O) groups excluding carboxylic acids is 3. The molecule has 1 N–H and O–H groups in total. The molecule has 0 saturated carbocycles. The molecule has 0 unspecified atom stereocenters. The Labute approximate surface area is 122 Å². The molecule has 1 aromatic carbocycles. The normalized spacial score (nSPS) is 17.6. The monoisotopic (exact) mass is 292 g/mol. The minimum atomic E-state index is -1.05. The van der Waals surface area contributed by atoms with Gasteiger partial charge in [-0.15, -0.1) is 0 Å². The van der Waals surface area contributed by atoms with Crippen LogP contribution < -0.4 is 5.32 Å². The zero-order chi connectivity index (χ0) is 15.6. The first-order valence-electron chi connectivity index (χ1n) is 6.70. The number of nitrogens with zero attached hydrogens (tertiary/aromatic N) is 1. The summed E-state index contributed by atoms with van der Waals surface area (Å²) >= 11 is 0. The molecule has 1 aliphatic rings. The molecule has 112 valence electrons. The average molecular weight is 292 g/mol. The number of rotatable bonds is 3. The van der Waals surface area contributed by atoms with Gasteiger partial charge in [0.25, 0.3) is 5.91 Å². The third kappa shape index (κ3) is 3.26. The SMILES string of the molecule is CC1(C)C(=O)NC(=O)CN1C(=O)CCc1ccc(F)cc1. The minimum absolute atomic E-state index is 0.124. The number of benzene rings is 1. The van der Waals surface area contributed by atoms with E-state index in [2.05, 4.69) is 5.32 Å². The van der Waals surface area contributed by atoms with Crippen molar-refractivity contribution in [2.45, 2.75) is 32.2 Å². The number of carbonyl (C=O) groups is 3. The van der Waals surface area contributed by atoms with Gasteiger partial charge in [-0.25, -0.2) is 4.39 Å². The van der Waals surface area contributed by atoms with Crippen LogP contribution in [-0.4, -0.2) is 34.7 Å². The lowest BCUT2D eigenvalue weighted by Gasteiger charge is -2.40. The fourth-order valence-corrected chi connectivity index (χ4v) is 2.22. The standard InChI is InChI=1S/C15H17FN2O3/c1-15(2)14(21)17-12(19)9-18(15)13(20)8-5-10-3-6-11(16)7-4-10/h3-4,6-7H,5,8-9H2,1-2H3,(H,17,19,21). The zero-order valence-electron chi connectivity index (χ0n) is 12.0. The second-order valence-corrected chi connectivity index (χ2v) is 5.54. The zero-order valence-corrected chi connectivity index (χ0v) is 12.0. The fraction of sp³-hybridized carbons (Fsp3) is 0.400. The highest BCUT2D eigenvalue weighted by atomic mass is 19.1. The molecule has 3 amide bonds. The average Bonchev–Trinajstić information content (AvgIpc) is 2.42. The summed E-state index contributed by atoms with van der Waals surface area (Å²) in [6.45, 7) is 3.08. The molecule has 0 radical (unpaired) electrons. The Morgan fingerprint density at radius 3 is 2.52 bits per heavy atom. The van der Waals surface area contributed by atoms with Crippen LogP contribution in [0.2, 0.25) is 0 Å². The van der Waals surface area contributed by atoms with E-state index in [1.54, 1.807) is 26.0 Å². The van der Waals surface area contributed by atoms with Crippen molar-refractivity contribution in [3.63, 3.8) is 0 Å². The third-order valence-electron chi connectivity index (χ3n) is 3.63. The van der Waals surface area contributed by atoms with Crippen LogP contribution >= 0.6 is 0 Å². The molecule has 0 atom stereocenters. The van der Waals surface area contributed by atoms with Crippen LogP contribution in [0.25, 0.3) is 0 Å². The maximum atomic E-state index is 12.8. The number of hydrogen-bond acceptors (Lipinski definition) is 3. The number of piperazine rings is 1. The van der Waals surface area contributed by atoms with Crippen molar-refractivity contribution >= 4 is 17.7 Å². The summed E-state index contributed by atoms with van der Waals surface area (Å²) in [5, 5.41) is 2.22. The first kappa shape index (κ1) is 15.2. The van der Waals surface area contributed by atoms with E-state index >= 15 is 0 Å². The van der Waals surface area contributed by atoms with Gasteiger partial charge in [0, 0.05) is 6.42 Å². The fourth-order valence-electron chi connectivity index (χ4n) is 2.22. The summed E-state index contributed by atoms with van der Waals surface area (Å²) in [5.74, 6) is -1.56. The van der Waals surface area contributed by atoms with E-state index < -0.39 is 17.4 Å². The van der Waals surface area contributed by atoms with Crippen LogP contribution in [0.1, 0.15) is 25.8 Å². The lowest BCUT2D eigenvalue weighted by molar-refractivity contribution is -0.155. The molecule has 0 aliphatic carbocycles. The smallest absolute Gasteiger partial charge is 0.252 e. The van der Waals surface area contributed by atoms with Crippen LogP contribution in [0.5, 0.6) is 0 Å². The molecule has 1 fully saturated rings. The van der Waals surface area contributed by atoms with Gasteiger partial charge >= 0.3 is 0 Å². The Kier molecular flexibility index (Phi) is 4.06. The van der Waals surface area contributed by atoms with Gasteiger partial charge in [-0.2, -0.15) is 0 Å². The van der Waals surface area contributed by atoms with Gasteiger partial charge in [-0.3, -0.25) is 19.7 Å². The van der Waals surface area contributed by atoms with Gasteiger partial charge in [0.15, 0.2) is 0 Å². The second-order valence-electron chi connectivity index (χ2n) is 5.54. The van der Waals surface area contributed by atoms with Crippen LogP contribution in [0.15, 0.2) is 24.3 Å². The molecule has 0 bridgehead atoms. The Balaban J connectivity index is 2.03. The Bertz CT molecular complexity index is 581. The molecule has 1 saturated heterocycles. The summed E-state index contributed by atoms with van der Waals surface area (Å²) in [6.07, 6.45) is 0.594. The quantitative estimate of drug-likeness (QED) is 0.846. The molecule has 21 heavy (non-hydrogen) atoms. The van der Waals surface area contributed by atoms with Gasteiger partial charge < -0.3 is 4.90 Å². The second kappa shape index (κ2) is 5.63. The highest BCUT2D eigenvalue weighted by Gasteiger charge is 2.43. The molecule has 1 aromatic rings. The van der Waals surface area contributed by atoms with E-state index in [9.17, 15) is 18.8 Å². The van der Waals surface area contributed by atoms with Crippen molar-refractivity contribution in [3.8, 4) is 0 Å². The maximum absolute atomic E-state index is 12.8. The van der Waals surface area contributed by atoms with E-state index in [-0.39, 0.29) is 24.7 Å². The van der Waals surface area contributed by atoms with Crippen molar-refractivity contribution < 1.29 is 18.8 Å². The molecule has 1 heterocycles. The van der Waals surface area contributed by atoms with Gasteiger partial charge in [0.1, 0.15) is 17.9 Å². The first-order valence-corrected chi connectivity index (χ1v) is 6.70. The summed E-state index contributed by atoms with van der Waals surface area (Å²) in [5.41, 5.74) is -0.219. The molecule has 6 heteroatoms. The Morgan fingerprint density at radius 2 is 1.90 bits per heavy atom. The highest BCUT2D eigenvalue weighted by Crippen LogP contribution is 2.20. The lowest BCUT2D eigenvalue weighted by Crippen LogP contribution is -2.65. The molecule has 0 spiro atoms. The molecular formula is C15H17FN2O3. The minimum Gasteiger partial charge on any atom is -0.319 e. The summed E-state index contributed by atoms with van der Waals surface area (Å²) in [6, 6.07) is 5.90. The highest BCUT2D eigenvalue weighted by molar-refractivity contribution is 6.06. The number of nitrogens with one attached hydrogen (secondary N) is 1. The van der Waals surface area contributed by atoms with Crippen LogP contribution in [-0.2, 0) is 20.8 Å². The first-order chi connectivity index (χ1) is 9.80. The van der Waals surface area contributed by atoms with Crippen LogP contribution in [0, 0.1) is 5.82 Å². The lowest BCUT2D eigenvalue weighted by atomic mass is 9.97. The van der Waals surface area contributed by atoms with Crippen molar-refractivity contribution in [3.05, 3.63) is 35.6 Å².